The summed E-state index contributed by atoms with van der Waals surface area (Å²) in [7, 11) is 1.56. The van der Waals surface area contributed by atoms with E-state index in [-0.39, 0.29) is 17.9 Å². The van der Waals surface area contributed by atoms with E-state index < -0.39 is 23.6 Å². The molecule has 2 aliphatic heterocycles. The molecule has 2 aromatic carbocycles. The number of esters is 2. The molecule has 2 heterocycles. The summed E-state index contributed by atoms with van der Waals surface area (Å²) in [6.45, 7) is 0.157. The lowest BCUT2D eigenvalue weighted by Gasteiger charge is -2.23. The van der Waals surface area contributed by atoms with E-state index in [1.54, 1.807) is 19.2 Å². The van der Waals surface area contributed by atoms with Crippen LogP contribution in [0.25, 0.3) is 0 Å². The van der Waals surface area contributed by atoms with Crippen LogP contribution < -0.4 is 9.80 Å². The zero-order chi connectivity index (χ0) is 17.7. The van der Waals surface area contributed by atoms with Gasteiger partial charge in [-0.15, -0.1) is 0 Å². The fourth-order valence-electron chi connectivity index (χ4n) is 3.13. The number of rotatable bonds is 1. The molecule has 0 spiro atoms. The third-order valence-corrected chi connectivity index (χ3v) is 4.26. The van der Waals surface area contributed by atoms with Gasteiger partial charge in [0.2, 0.25) is 0 Å². The highest BCUT2D eigenvalue weighted by atomic mass is 19.1. The smallest absolute Gasteiger partial charge is 0.365 e. The first-order chi connectivity index (χ1) is 12.0. The number of benzene rings is 2. The van der Waals surface area contributed by atoms with Crippen LogP contribution in [0.15, 0.2) is 53.9 Å². The Morgan fingerprint density at radius 1 is 0.960 bits per heavy atom. The summed E-state index contributed by atoms with van der Waals surface area (Å²) in [5.41, 5.74) is 1.53. The molecule has 0 saturated carbocycles. The summed E-state index contributed by atoms with van der Waals surface area (Å²) >= 11 is 0. The Labute approximate surface area is 141 Å². The second kappa shape index (κ2) is 5.41. The van der Waals surface area contributed by atoms with Crippen LogP contribution in [0.1, 0.15) is 5.56 Å². The number of cyclic esters (lactones) is 2. The molecule has 0 bridgehead atoms. The second-order valence-electron chi connectivity index (χ2n) is 5.77. The third kappa shape index (κ3) is 2.36. The molecular weight excluding hydrogens is 330 g/mol. The van der Waals surface area contributed by atoms with E-state index >= 15 is 0 Å². The first kappa shape index (κ1) is 15.3. The summed E-state index contributed by atoms with van der Waals surface area (Å²) in [6, 6.07) is 9.83. The van der Waals surface area contributed by atoms with Gasteiger partial charge in [0.15, 0.2) is 11.4 Å². The van der Waals surface area contributed by atoms with E-state index in [4.69, 9.17) is 4.74 Å². The molecule has 0 aliphatic carbocycles. The molecule has 0 unspecified atom stereocenters. The van der Waals surface area contributed by atoms with Crippen molar-refractivity contribution >= 4 is 23.3 Å². The Hall–Kier alpha value is -3.22. The van der Waals surface area contributed by atoms with Crippen LogP contribution in [0.3, 0.4) is 0 Å². The Bertz CT molecular complexity index is 955. The van der Waals surface area contributed by atoms with E-state index in [0.717, 1.165) is 0 Å². The lowest BCUT2D eigenvalue weighted by molar-refractivity contribution is -0.151. The van der Waals surface area contributed by atoms with Gasteiger partial charge in [-0.2, -0.15) is 0 Å². The van der Waals surface area contributed by atoms with Crippen molar-refractivity contribution in [3.63, 3.8) is 0 Å². The maximum atomic E-state index is 13.7. The average Bonchev–Trinajstić information content (AvgIpc) is 2.79. The number of anilines is 2. The number of carbonyl (C=O) groups excluding carboxylic acids is 2. The van der Waals surface area contributed by atoms with E-state index in [1.165, 1.54) is 40.1 Å². The van der Waals surface area contributed by atoms with Gasteiger partial charge >= 0.3 is 11.9 Å². The Morgan fingerprint density at radius 3 is 2.44 bits per heavy atom. The molecule has 5 nitrogen and oxygen atoms in total. The van der Waals surface area contributed by atoms with Crippen molar-refractivity contribution in [2.75, 3.05) is 16.8 Å². The van der Waals surface area contributed by atoms with Crippen molar-refractivity contribution in [2.45, 2.75) is 6.54 Å². The molecule has 0 fully saturated rings. The molecular formula is C18H12F2N2O3. The molecule has 0 amide bonds. The van der Waals surface area contributed by atoms with E-state index in [2.05, 4.69) is 0 Å². The maximum Gasteiger partial charge on any atom is 0.365 e. The minimum Gasteiger partial charge on any atom is -0.383 e. The Morgan fingerprint density at radius 2 is 1.68 bits per heavy atom. The predicted molar refractivity (Wildman–Crippen MR) is 85.5 cm³/mol. The van der Waals surface area contributed by atoms with Gasteiger partial charge < -0.3 is 14.5 Å². The fraction of sp³-hybridized carbons (Fsp3) is 0.111. The number of likely N-dealkylation sites (N-methyl/N-ethyl adjacent to an activating group) is 1. The standard InChI is InChI=1S/C18H12F2N2O3/c1-21-14-8-12(20)6-5-10(14)9-22(13-4-2-3-11(19)7-13)16-15(21)17(23)25-18(16)24/h2-8H,9H2,1H3. The number of nitrogens with zero attached hydrogens (tertiary/aromatic N) is 2. The minimum absolute atomic E-state index is 0.00129. The topological polar surface area (TPSA) is 49.9 Å². The van der Waals surface area contributed by atoms with Crippen molar-refractivity contribution < 1.29 is 23.1 Å². The highest BCUT2D eigenvalue weighted by Gasteiger charge is 2.42. The van der Waals surface area contributed by atoms with Crippen molar-refractivity contribution in [2.24, 2.45) is 0 Å². The fourth-order valence-corrected chi connectivity index (χ4v) is 3.13. The van der Waals surface area contributed by atoms with Gasteiger partial charge in [0.25, 0.3) is 0 Å². The van der Waals surface area contributed by atoms with E-state index in [1.807, 2.05) is 0 Å². The first-order valence-electron chi connectivity index (χ1n) is 7.52. The molecule has 0 atom stereocenters. The monoisotopic (exact) mass is 342 g/mol. The van der Waals surface area contributed by atoms with E-state index in [0.29, 0.717) is 16.9 Å². The lowest BCUT2D eigenvalue weighted by Crippen LogP contribution is -2.26. The van der Waals surface area contributed by atoms with E-state index in [9.17, 15) is 18.4 Å². The SMILES string of the molecule is CN1C2=C(C(=O)OC2=O)N(c2cccc(F)c2)Cc2ccc(F)cc21. The van der Waals surface area contributed by atoms with Crippen molar-refractivity contribution in [1.82, 2.24) is 0 Å². The van der Waals surface area contributed by atoms with Crippen LogP contribution >= 0.6 is 0 Å². The third-order valence-electron chi connectivity index (χ3n) is 4.26. The van der Waals surface area contributed by atoms with Gasteiger partial charge in [0.1, 0.15) is 11.6 Å². The molecule has 7 heteroatoms. The number of ether oxygens (including phenoxy) is 1. The summed E-state index contributed by atoms with van der Waals surface area (Å²) in [5, 5.41) is 0. The summed E-state index contributed by atoms with van der Waals surface area (Å²) in [4.78, 5) is 27.4. The number of carbonyl (C=O) groups is 2. The van der Waals surface area contributed by atoms with Gasteiger partial charge in [0, 0.05) is 18.4 Å². The highest BCUT2D eigenvalue weighted by molar-refractivity contribution is 6.16. The number of halogens is 2. The quantitative estimate of drug-likeness (QED) is 0.589. The predicted octanol–water partition coefficient (Wildman–Crippen LogP) is 2.72. The zero-order valence-corrected chi connectivity index (χ0v) is 13.1. The summed E-state index contributed by atoms with van der Waals surface area (Å²) in [5.74, 6) is -2.58. The van der Waals surface area contributed by atoms with Gasteiger partial charge in [-0.1, -0.05) is 12.1 Å². The number of hydrogen-bond donors (Lipinski definition) is 0. The Kier molecular flexibility index (Phi) is 3.31. The molecule has 4 rings (SSSR count). The second-order valence-corrected chi connectivity index (χ2v) is 5.77. The molecule has 0 N–H and O–H groups in total. The first-order valence-corrected chi connectivity index (χ1v) is 7.52. The zero-order valence-electron chi connectivity index (χ0n) is 13.1. The molecule has 2 aromatic rings. The Balaban J connectivity index is 1.97. The number of fused-ring (bicyclic) bond motifs is 1. The lowest BCUT2D eigenvalue weighted by atomic mass is 10.1. The molecule has 0 aromatic heterocycles. The minimum atomic E-state index is -0.819. The molecule has 2 aliphatic rings. The molecule has 0 saturated heterocycles. The van der Waals surface area contributed by atoms with Crippen LogP contribution in [-0.4, -0.2) is 19.0 Å². The summed E-state index contributed by atoms with van der Waals surface area (Å²) in [6.07, 6.45) is 0. The van der Waals surface area contributed by atoms with Gasteiger partial charge in [-0.05, 0) is 35.9 Å². The maximum absolute atomic E-state index is 13.7. The van der Waals surface area contributed by atoms with Crippen molar-refractivity contribution in [1.29, 1.82) is 0 Å². The van der Waals surface area contributed by atoms with Gasteiger partial charge in [-0.3, -0.25) is 0 Å². The van der Waals surface area contributed by atoms with Gasteiger partial charge in [0.05, 0.1) is 6.54 Å². The summed E-state index contributed by atoms with van der Waals surface area (Å²) < 4.78 is 32.1. The van der Waals surface area contributed by atoms with Crippen LogP contribution in [0.2, 0.25) is 0 Å². The van der Waals surface area contributed by atoms with Crippen LogP contribution in [0, 0.1) is 11.6 Å². The number of hydrogen-bond acceptors (Lipinski definition) is 5. The van der Waals surface area contributed by atoms with Crippen LogP contribution in [0.5, 0.6) is 0 Å². The largest absolute Gasteiger partial charge is 0.383 e. The molecule has 126 valence electrons. The van der Waals surface area contributed by atoms with Gasteiger partial charge in [-0.25, -0.2) is 18.4 Å². The average molecular weight is 342 g/mol. The highest BCUT2D eigenvalue weighted by Crippen LogP contribution is 2.38. The molecule has 25 heavy (non-hydrogen) atoms. The normalized spacial score (nSPS) is 16.6. The molecule has 0 radical (unpaired) electrons. The van der Waals surface area contributed by atoms with Crippen LogP contribution in [0.4, 0.5) is 20.2 Å². The van der Waals surface area contributed by atoms with Crippen LogP contribution in [-0.2, 0) is 20.9 Å². The van der Waals surface area contributed by atoms with Crippen molar-refractivity contribution in [3.05, 3.63) is 71.1 Å². The van der Waals surface area contributed by atoms with Crippen molar-refractivity contribution in [3.8, 4) is 0 Å².